The van der Waals surface area contributed by atoms with Crippen molar-refractivity contribution in [3.63, 3.8) is 0 Å². The summed E-state index contributed by atoms with van der Waals surface area (Å²) in [6, 6.07) is -1.47. The lowest BCUT2D eigenvalue weighted by Gasteiger charge is -2.20. The Labute approximate surface area is 412 Å². The van der Waals surface area contributed by atoms with Crippen LogP contribution in [0.3, 0.4) is 0 Å². The first-order valence-corrected chi connectivity index (χ1v) is 29.5. The summed E-state index contributed by atoms with van der Waals surface area (Å²) in [7, 11) is -4.63. The maximum absolute atomic E-state index is 12.7. The van der Waals surface area contributed by atoms with Crippen LogP contribution in [-0.2, 0) is 32.7 Å². The van der Waals surface area contributed by atoms with Gasteiger partial charge >= 0.3 is 19.8 Å². The fourth-order valence-electron chi connectivity index (χ4n) is 8.04. The average Bonchev–Trinajstić information content (AvgIpc) is 3.31. The van der Waals surface area contributed by atoms with Crippen LogP contribution in [0.5, 0.6) is 0 Å². The fraction of sp³-hybridized carbons (Fsp3) is 0.857. The van der Waals surface area contributed by atoms with E-state index in [1.165, 1.54) is 199 Å². The molecule has 0 fully saturated rings. The van der Waals surface area contributed by atoms with Crippen molar-refractivity contribution in [3.05, 3.63) is 36.5 Å². The number of nitrogens with two attached hydrogens (primary N) is 1. The fourth-order valence-corrected chi connectivity index (χ4v) is 8.82. The van der Waals surface area contributed by atoms with Gasteiger partial charge in [0.1, 0.15) is 12.1 Å². The summed E-state index contributed by atoms with van der Waals surface area (Å²) in [6.45, 7) is 3.91. The van der Waals surface area contributed by atoms with Gasteiger partial charge in [-0.3, -0.25) is 18.6 Å². The van der Waals surface area contributed by atoms with E-state index in [0.29, 0.717) is 13.0 Å². The number of esters is 1. The number of rotatable bonds is 54. The zero-order chi connectivity index (χ0) is 49.0. The number of allylic oxidation sites excluding steroid dienone is 6. The molecule has 3 atom stereocenters. The largest absolute Gasteiger partial charge is 0.480 e. The van der Waals surface area contributed by atoms with E-state index in [1.54, 1.807) is 0 Å². The number of phosphoric ester groups is 1. The number of hydrogen-bond donors (Lipinski definition) is 3. The molecule has 0 bridgehead atoms. The number of carbonyl (C=O) groups is 2. The number of carboxylic acid groups (broad SMARTS) is 1. The van der Waals surface area contributed by atoms with Gasteiger partial charge in [0, 0.05) is 13.0 Å². The molecule has 0 radical (unpaired) electrons. The van der Waals surface area contributed by atoms with Gasteiger partial charge in [-0.05, 0) is 70.6 Å². The van der Waals surface area contributed by atoms with Gasteiger partial charge in [0.15, 0.2) is 0 Å². The summed E-state index contributed by atoms with van der Waals surface area (Å²) in [4.78, 5) is 33.8. The van der Waals surface area contributed by atoms with Crippen LogP contribution in [0.2, 0.25) is 0 Å². The van der Waals surface area contributed by atoms with Crippen LogP contribution in [0.4, 0.5) is 0 Å². The molecule has 0 aliphatic heterocycles. The second-order valence-corrected chi connectivity index (χ2v) is 20.5. The van der Waals surface area contributed by atoms with E-state index >= 15 is 0 Å². The molecule has 0 saturated carbocycles. The average molecular weight is 968 g/mol. The molecule has 394 valence electrons. The standard InChI is InChI=1S/C56H106NO9P/c1-3-5-7-9-11-13-15-17-19-21-23-25-27-28-30-32-34-36-38-40-42-44-46-48-55(58)66-53(51-64-67(61,62)65-52-54(57)56(59)60)50-63-49-47-45-43-41-39-37-35-33-31-29-26-24-22-20-18-16-14-12-10-8-6-4-2/h16,18,21-24,53-54H,3-15,17,19-20,25-52,57H2,1-2H3,(H,59,60)(H,61,62)/b18-16-,23-21-,24-22-. The predicted octanol–water partition coefficient (Wildman–Crippen LogP) is 16.8. The molecular weight excluding hydrogens is 862 g/mol. The maximum atomic E-state index is 12.7. The molecule has 0 aromatic rings. The molecular formula is C56H106NO9P. The van der Waals surface area contributed by atoms with Gasteiger partial charge < -0.3 is 25.2 Å². The van der Waals surface area contributed by atoms with Crippen LogP contribution in [0, 0.1) is 0 Å². The van der Waals surface area contributed by atoms with Gasteiger partial charge in [0.05, 0.1) is 19.8 Å². The highest BCUT2D eigenvalue weighted by molar-refractivity contribution is 7.47. The highest BCUT2D eigenvalue weighted by Crippen LogP contribution is 2.43. The first kappa shape index (κ1) is 65.2. The van der Waals surface area contributed by atoms with E-state index in [0.717, 1.165) is 44.9 Å². The van der Waals surface area contributed by atoms with E-state index in [9.17, 15) is 19.0 Å². The minimum atomic E-state index is -4.63. The summed E-state index contributed by atoms with van der Waals surface area (Å²) in [5.74, 6) is -1.77. The minimum Gasteiger partial charge on any atom is -0.480 e. The van der Waals surface area contributed by atoms with Crippen molar-refractivity contribution < 1.29 is 42.7 Å². The van der Waals surface area contributed by atoms with Crippen molar-refractivity contribution in [1.82, 2.24) is 0 Å². The zero-order valence-electron chi connectivity index (χ0n) is 43.5. The third-order valence-electron chi connectivity index (χ3n) is 12.4. The van der Waals surface area contributed by atoms with Gasteiger partial charge in [0.2, 0.25) is 0 Å². The Morgan fingerprint density at radius 3 is 1.22 bits per heavy atom. The maximum Gasteiger partial charge on any atom is 0.472 e. The molecule has 4 N–H and O–H groups in total. The van der Waals surface area contributed by atoms with Gasteiger partial charge in [-0.25, -0.2) is 4.57 Å². The monoisotopic (exact) mass is 968 g/mol. The topological polar surface area (TPSA) is 155 Å². The Bertz CT molecular complexity index is 1210. The van der Waals surface area contributed by atoms with Crippen LogP contribution < -0.4 is 5.73 Å². The molecule has 0 aromatic carbocycles. The summed E-state index contributed by atoms with van der Waals surface area (Å²) in [6.07, 6.45) is 62.1. The normalized spacial score (nSPS) is 13.9. The quantitative estimate of drug-likeness (QED) is 0.0232. The minimum absolute atomic E-state index is 0.0168. The smallest absolute Gasteiger partial charge is 0.472 e. The van der Waals surface area contributed by atoms with Gasteiger partial charge in [-0.1, -0.05) is 230 Å². The van der Waals surface area contributed by atoms with Gasteiger partial charge in [-0.15, -0.1) is 0 Å². The Kier molecular flexibility index (Phi) is 50.6. The second-order valence-electron chi connectivity index (χ2n) is 19.1. The Balaban J connectivity index is 4.08. The summed E-state index contributed by atoms with van der Waals surface area (Å²) in [5, 5.41) is 8.95. The zero-order valence-corrected chi connectivity index (χ0v) is 44.4. The molecule has 0 spiro atoms. The van der Waals surface area contributed by atoms with Crippen LogP contribution >= 0.6 is 7.82 Å². The number of aliphatic carboxylic acids is 1. The number of carboxylic acids is 1. The Morgan fingerprint density at radius 2 is 0.821 bits per heavy atom. The molecule has 3 unspecified atom stereocenters. The summed E-state index contributed by atoms with van der Waals surface area (Å²) in [5.41, 5.74) is 5.39. The lowest BCUT2D eigenvalue weighted by molar-refractivity contribution is -0.154. The molecule has 11 heteroatoms. The number of unbranched alkanes of at least 4 members (excludes halogenated alkanes) is 34. The number of ether oxygens (including phenoxy) is 2. The van der Waals surface area contributed by atoms with Crippen LogP contribution in [-0.4, -0.2) is 60.5 Å². The number of phosphoric acid groups is 1. The van der Waals surface area contributed by atoms with Crippen molar-refractivity contribution in [2.24, 2.45) is 5.73 Å². The van der Waals surface area contributed by atoms with E-state index < -0.39 is 45.1 Å². The van der Waals surface area contributed by atoms with Gasteiger partial charge in [0.25, 0.3) is 0 Å². The third kappa shape index (κ3) is 51.9. The van der Waals surface area contributed by atoms with Crippen molar-refractivity contribution in [2.75, 3.05) is 26.4 Å². The lowest BCUT2D eigenvalue weighted by Crippen LogP contribution is -2.34. The molecule has 0 aliphatic carbocycles. The Morgan fingerprint density at radius 1 is 0.478 bits per heavy atom. The molecule has 0 amide bonds. The summed E-state index contributed by atoms with van der Waals surface area (Å²) >= 11 is 0. The molecule has 10 nitrogen and oxygen atoms in total. The Hall–Kier alpha value is -1.81. The third-order valence-corrected chi connectivity index (χ3v) is 13.3. The van der Waals surface area contributed by atoms with E-state index in [2.05, 4.69) is 50.3 Å². The first-order chi connectivity index (χ1) is 32.7. The highest BCUT2D eigenvalue weighted by atomic mass is 31.2. The van der Waals surface area contributed by atoms with Crippen LogP contribution in [0.15, 0.2) is 36.5 Å². The van der Waals surface area contributed by atoms with Crippen LogP contribution in [0.1, 0.15) is 271 Å². The lowest BCUT2D eigenvalue weighted by atomic mass is 10.0. The SMILES string of the molecule is CCCCCCC/C=C\C/C=C\CCCCCCCCCCCCOCC(COP(=O)(O)OCC(N)C(=O)O)OC(=O)CCCCCCCCCCCCC/C=C\CCCCCCCCCC. The van der Waals surface area contributed by atoms with E-state index in [1.807, 2.05) is 0 Å². The highest BCUT2D eigenvalue weighted by Gasteiger charge is 2.27. The van der Waals surface area contributed by atoms with E-state index in [4.69, 9.17) is 29.4 Å². The summed E-state index contributed by atoms with van der Waals surface area (Å²) < 4.78 is 33.6. The number of carbonyl (C=O) groups excluding carboxylic acids is 1. The van der Waals surface area contributed by atoms with Crippen molar-refractivity contribution in [3.8, 4) is 0 Å². The van der Waals surface area contributed by atoms with Gasteiger partial charge in [-0.2, -0.15) is 0 Å². The van der Waals surface area contributed by atoms with E-state index in [-0.39, 0.29) is 13.0 Å². The molecule has 0 heterocycles. The molecule has 0 aliphatic rings. The molecule has 67 heavy (non-hydrogen) atoms. The second kappa shape index (κ2) is 52.0. The number of hydrogen-bond acceptors (Lipinski definition) is 8. The molecule has 0 rings (SSSR count). The van der Waals surface area contributed by atoms with Crippen molar-refractivity contribution >= 4 is 19.8 Å². The van der Waals surface area contributed by atoms with Crippen molar-refractivity contribution in [1.29, 1.82) is 0 Å². The first-order valence-electron chi connectivity index (χ1n) is 28.0. The predicted molar refractivity (Wildman–Crippen MR) is 281 cm³/mol. The molecule has 0 aromatic heterocycles. The van der Waals surface area contributed by atoms with Crippen molar-refractivity contribution in [2.45, 2.75) is 283 Å². The van der Waals surface area contributed by atoms with Crippen LogP contribution in [0.25, 0.3) is 0 Å². The molecule has 0 saturated heterocycles.